The number of hydrogen-bond acceptors (Lipinski definition) is 4. The quantitative estimate of drug-likeness (QED) is 0.923. The fourth-order valence-electron chi connectivity index (χ4n) is 1.85. The fourth-order valence-corrected chi connectivity index (χ4v) is 2.06. The van der Waals surface area contributed by atoms with Gasteiger partial charge in [0.05, 0.1) is 15.9 Å². The topological polar surface area (TPSA) is 59.8 Å². The zero-order valence-corrected chi connectivity index (χ0v) is 10.4. The SMILES string of the molecule is O=C1CCn2cc(Nc3ncc(Br)cn3)cc21. The highest BCUT2D eigenvalue weighted by atomic mass is 79.9. The van der Waals surface area contributed by atoms with Crippen LogP contribution in [0.1, 0.15) is 16.9 Å². The van der Waals surface area contributed by atoms with Crippen molar-refractivity contribution in [2.75, 3.05) is 5.32 Å². The largest absolute Gasteiger partial charge is 0.343 e. The molecule has 3 rings (SSSR count). The minimum atomic E-state index is 0.190. The molecule has 3 heterocycles. The third-order valence-corrected chi connectivity index (χ3v) is 3.05. The predicted molar refractivity (Wildman–Crippen MR) is 66.4 cm³/mol. The maximum atomic E-state index is 11.5. The van der Waals surface area contributed by atoms with Crippen LogP contribution in [0.3, 0.4) is 0 Å². The van der Waals surface area contributed by atoms with Gasteiger partial charge in [-0.05, 0) is 22.0 Å². The number of carbonyl (C=O) groups excluding carboxylic acids is 1. The van der Waals surface area contributed by atoms with Crippen molar-refractivity contribution in [2.24, 2.45) is 0 Å². The van der Waals surface area contributed by atoms with E-state index in [0.717, 1.165) is 22.4 Å². The van der Waals surface area contributed by atoms with Crippen molar-refractivity contribution in [1.82, 2.24) is 14.5 Å². The number of anilines is 2. The van der Waals surface area contributed by atoms with Crippen molar-refractivity contribution < 1.29 is 4.79 Å². The first-order chi connectivity index (χ1) is 8.22. The van der Waals surface area contributed by atoms with Crippen LogP contribution in [-0.4, -0.2) is 20.3 Å². The van der Waals surface area contributed by atoms with Crippen LogP contribution in [0.2, 0.25) is 0 Å². The Hall–Kier alpha value is -1.69. The van der Waals surface area contributed by atoms with Gasteiger partial charge >= 0.3 is 0 Å². The first-order valence-electron chi connectivity index (χ1n) is 5.20. The highest BCUT2D eigenvalue weighted by Crippen LogP contribution is 2.23. The van der Waals surface area contributed by atoms with E-state index in [-0.39, 0.29) is 5.78 Å². The lowest BCUT2D eigenvalue weighted by Gasteiger charge is -2.01. The van der Waals surface area contributed by atoms with Crippen LogP contribution in [-0.2, 0) is 6.54 Å². The Labute approximate surface area is 106 Å². The number of halogens is 1. The second-order valence-corrected chi connectivity index (χ2v) is 4.75. The molecule has 0 atom stereocenters. The molecule has 2 aromatic heterocycles. The molecule has 1 aliphatic heterocycles. The molecule has 1 aliphatic rings. The van der Waals surface area contributed by atoms with Gasteiger partial charge in [-0.2, -0.15) is 0 Å². The molecule has 5 nitrogen and oxygen atoms in total. The molecule has 0 amide bonds. The summed E-state index contributed by atoms with van der Waals surface area (Å²) >= 11 is 3.27. The maximum absolute atomic E-state index is 11.5. The Balaban J connectivity index is 1.84. The van der Waals surface area contributed by atoms with Gasteiger partial charge in [-0.3, -0.25) is 4.79 Å². The summed E-state index contributed by atoms with van der Waals surface area (Å²) in [6, 6.07) is 1.83. The van der Waals surface area contributed by atoms with Crippen LogP contribution in [0.5, 0.6) is 0 Å². The summed E-state index contributed by atoms with van der Waals surface area (Å²) in [6.07, 6.45) is 5.85. The lowest BCUT2D eigenvalue weighted by molar-refractivity contribution is 0.0994. The summed E-state index contributed by atoms with van der Waals surface area (Å²) in [5.74, 6) is 0.708. The number of fused-ring (bicyclic) bond motifs is 1. The summed E-state index contributed by atoms with van der Waals surface area (Å²) in [4.78, 5) is 19.7. The summed E-state index contributed by atoms with van der Waals surface area (Å²) in [7, 11) is 0. The monoisotopic (exact) mass is 292 g/mol. The average molecular weight is 293 g/mol. The zero-order valence-electron chi connectivity index (χ0n) is 8.85. The number of Topliss-reactive ketones (excluding diaryl/α,β-unsaturated/α-hetero) is 1. The Morgan fingerprint density at radius 3 is 2.82 bits per heavy atom. The molecule has 17 heavy (non-hydrogen) atoms. The number of ketones is 1. The number of hydrogen-bond donors (Lipinski definition) is 1. The van der Waals surface area contributed by atoms with E-state index < -0.39 is 0 Å². The molecule has 6 heteroatoms. The number of nitrogens with zero attached hydrogens (tertiary/aromatic N) is 3. The van der Waals surface area contributed by atoms with Gasteiger partial charge in [0.15, 0.2) is 5.78 Å². The van der Waals surface area contributed by atoms with Gasteiger partial charge in [0, 0.05) is 31.6 Å². The first kappa shape index (κ1) is 10.5. The molecule has 0 saturated heterocycles. The molecule has 0 aliphatic carbocycles. The Bertz CT molecular complexity index is 576. The number of aryl methyl sites for hydroxylation is 1. The lowest BCUT2D eigenvalue weighted by Crippen LogP contribution is -1.95. The number of nitrogens with one attached hydrogen (secondary N) is 1. The van der Waals surface area contributed by atoms with Gasteiger partial charge in [-0.15, -0.1) is 0 Å². The molecule has 2 aromatic rings. The van der Waals surface area contributed by atoms with Crippen LogP contribution in [0.25, 0.3) is 0 Å². The normalized spacial score (nSPS) is 13.8. The number of carbonyl (C=O) groups is 1. The Kier molecular flexibility index (Phi) is 2.44. The van der Waals surface area contributed by atoms with Crippen molar-refractivity contribution >= 4 is 33.3 Å². The predicted octanol–water partition coefficient (Wildman–Crippen LogP) is 2.37. The van der Waals surface area contributed by atoms with E-state index in [1.807, 2.05) is 16.8 Å². The average Bonchev–Trinajstić information content (AvgIpc) is 2.85. The van der Waals surface area contributed by atoms with E-state index in [9.17, 15) is 4.79 Å². The van der Waals surface area contributed by atoms with Crippen molar-refractivity contribution in [2.45, 2.75) is 13.0 Å². The van der Waals surface area contributed by atoms with Crippen LogP contribution in [0.4, 0.5) is 11.6 Å². The molecule has 0 saturated carbocycles. The van der Waals surface area contributed by atoms with Gasteiger partial charge < -0.3 is 9.88 Å². The maximum Gasteiger partial charge on any atom is 0.227 e. The van der Waals surface area contributed by atoms with Crippen LogP contribution < -0.4 is 5.32 Å². The highest BCUT2D eigenvalue weighted by Gasteiger charge is 2.20. The van der Waals surface area contributed by atoms with E-state index in [1.54, 1.807) is 12.4 Å². The third kappa shape index (κ3) is 1.95. The van der Waals surface area contributed by atoms with Crippen LogP contribution in [0.15, 0.2) is 29.1 Å². The van der Waals surface area contributed by atoms with Crippen LogP contribution in [0, 0.1) is 0 Å². The first-order valence-corrected chi connectivity index (χ1v) is 5.99. The molecule has 86 valence electrons. The number of aromatic nitrogens is 3. The molecule has 0 unspecified atom stereocenters. The molecular formula is C11H9BrN4O. The van der Waals surface area contributed by atoms with E-state index in [0.29, 0.717) is 12.4 Å². The third-order valence-electron chi connectivity index (χ3n) is 2.64. The standard InChI is InChI=1S/C11H9BrN4O/c12-7-4-13-11(14-5-7)15-8-3-9-10(17)1-2-16(9)6-8/h3-6H,1-2H2,(H,13,14,15). The second-order valence-electron chi connectivity index (χ2n) is 3.83. The van der Waals surface area contributed by atoms with E-state index in [2.05, 4.69) is 31.2 Å². The lowest BCUT2D eigenvalue weighted by atomic mass is 10.2. The molecule has 0 aromatic carbocycles. The smallest absolute Gasteiger partial charge is 0.227 e. The number of rotatable bonds is 2. The molecule has 0 radical (unpaired) electrons. The van der Waals surface area contributed by atoms with Crippen molar-refractivity contribution in [1.29, 1.82) is 0 Å². The van der Waals surface area contributed by atoms with Crippen LogP contribution >= 0.6 is 15.9 Å². The van der Waals surface area contributed by atoms with Crippen molar-refractivity contribution in [3.63, 3.8) is 0 Å². The fraction of sp³-hybridized carbons (Fsp3) is 0.182. The zero-order chi connectivity index (χ0) is 11.8. The minimum absolute atomic E-state index is 0.190. The highest BCUT2D eigenvalue weighted by molar-refractivity contribution is 9.10. The van der Waals surface area contributed by atoms with Gasteiger partial charge in [-0.25, -0.2) is 9.97 Å². The van der Waals surface area contributed by atoms with E-state index in [4.69, 9.17) is 0 Å². The van der Waals surface area contributed by atoms with Gasteiger partial charge in [-0.1, -0.05) is 0 Å². The summed E-state index contributed by atoms with van der Waals surface area (Å²) in [6.45, 7) is 0.761. The van der Waals surface area contributed by atoms with Gasteiger partial charge in [0.25, 0.3) is 0 Å². The Morgan fingerprint density at radius 1 is 1.35 bits per heavy atom. The van der Waals surface area contributed by atoms with E-state index in [1.165, 1.54) is 0 Å². The summed E-state index contributed by atoms with van der Waals surface area (Å²) < 4.78 is 2.78. The Morgan fingerprint density at radius 2 is 2.12 bits per heavy atom. The second kappa shape index (κ2) is 3.96. The van der Waals surface area contributed by atoms with Crippen molar-refractivity contribution in [3.05, 3.63) is 34.8 Å². The molecule has 0 fully saturated rings. The van der Waals surface area contributed by atoms with Crippen molar-refractivity contribution in [3.8, 4) is 0 Å². The van der Waals surface area contributed by atoms with Gasteiger partial charge in [0.1, 0.15) is 0 Å². The molecular weight excluding hydrogens is 284 g/mol. The molecule has 1 N–H and O–H groups in total. The van der Waals surface area contributed by atoms with Gasteiger partial charge in [0.2, 0.25) is 5.95 Å². The minimum Gasteiger partial charge on any atom is -0.343 e. The molecule has 0 bridgehead atoms. The summed E-state index contributed by atoms with van der Waals surface area (Å²) in [5.41, 5.74) is 1.60. The summed E-state index contributed by atoms with van der Waals surface area (Å²) in [5, 5.41) is 3.06. The van der Waals surface area contributed by atoms with E-state index >= 15 is 0 Å². The molecule has 0 spiro atoms.